The summed E-state index contributed by atoms with van der Waals surface area (Å²) in [6.45, 7) is 4.17. The maximum atomic E-state index is 5.35. The zero-order valence-corrected chi connectivity index (χ0v) is 11.9. The molecular formula is C13H15N3S2. The molecule has 5 heteroatoms. The molecule has 0 aliphatic carbocycles. The van der Waals surface area contributed by atoms with Crippen molar-refractivity contribution in [3.8, 4) is 0 Å². The summed E-state index contributed by atoms with van der Waals surface area (Å²) in [4.78, 5) is 10.0. The van der Waals surface area contributed by atoms with Crippen LogP contribution in [0.5, 0.6) is 0 Å². The van der Waals surface area contributed by atoms with E-state index in [0.717, 1.165) is 29.8 Å². The predicted octanol–water partition coefficient (Wildman–Crippen LogP) is 3.15. The minimum atomic E-state index is 0.689. The number of fused-ring (bicyclic) bond motifs is 1. The van der Waals surface area contributed by atoms with Crippen LogP contribution >= 0.6 is 24.0 Å². The maximum absolute atomic E-state index is 5.35. The average molecular weight is 277 g/mol. The third-order valence-corrected chi connectivity index (χ3v) is 4.45. The molecule has 94 valence electrons. The van der Waals surface area contributed by atoms with Gasteiger partial charge in [0, 0.05) is 41.2 Å². The van der Waals surface area contributed by atoms with E-state index < -0.39 is 0 Å². The van der Waals surface area contributed by atoms with Crippen molar-refractivity contribution in [2.24, 2.45) is 0 Å². The Hall–Kier alpha value is -1.07. The van der Waals surface area contributed by atoms with Crippen LogP contribution in [0.25, 0.3) is 10.9 Å². The fourth-order valence-electron chi connectivity index (χ4n) is 2.27. The van der Waals surface area contributed by atoms with Gasteiger partial charge in [0.1, 0.15) is 10.5 Å². The zero-order chi connectivity index (χ0) is 12.5. The second kappa shape index (κ2) is 4.90. The summed E-state index contributed by atoms with van der Waals surface area (Å²) < 4.78 is 0.689. The molecule has 2 aromatic rings. The van der Waals surface area contributed by atoms with E-state index in [0.29, 0.717) is 4.64 Å². The van der Waals surface area contributed by atoms with Gasteiger partial charge in [0.05, 0.1) is 0 Å². The van der Waals surface area contributed by atoms with Crippen LogP contribution in [0.3, 0.4) is 0 Å². The van der Waals surface area contributed by atoms with Crippen molar-refractivity contribution in [1.29, 1.82) is 0 Å². The first-order chi connectivity index (χ1) is 8.74. The summed E-state index contributed by atoms with van der Waals surface area (Å²) in [6, 6.07) is 6.44. The molecule has 1 aromatic heterocycles. The first-order valence-corrected chi connectivity index (χ1v) is 7.64. The van der Waals surface area contributed by atoms with Gasteiger partial charge in [-0.15, -0.1) is 0 Å². The molecule has 2 heterocycles. The van der Waals surface area contributed by atoms with Crippen molar-refractivity contribution >= 4 is 40.6 Å². The molecular weight excluding hydrogens is 262 g/mol. The van der Waals surface area contributed by atoms with Gasteiger partial charge in [-0.05, 0) is 25.1 Å². The molecule has 0 unspecified atom stereocenters. The van der Waals surface area contributed by atoms with E-state index in [1.807, 2.05) is 18.7 Å². The third kappa shape index (κ3) is 2.24. The number of hydrogen-bond acceptors (Lipinski definition) is 4. The monoisotopic (exact) mass is 277 g/mol. The lowest BCUT2D eigenvalue weighted by molar-refractivity contribution is 0.859. The highest BCUT2D eigenvalue weighted by Gasteiger charge is 2.11. The van der Waals surface area contributed by atoms with Gasteiger partial charge in [-0.25, -0.2) is 4.98 Å². The normalized spacial score (nSPS) is 16.2. The summed E-state index contributed by atoms with van der Waals surface area (Å²) in [7, 11) is 0. The Morgan fingerprint density at radius 2 is 2.11 bits per heavy atom. The summed E-state index contributed by atoms with van der Waals surface area (Å²) in [6.07, 6.45) is 0. The Labute approximate surface area is 116 Å². The minimum Gasteiger partial charge on any atom is -0.370 e. The SMILES string of the molecule is Cc1nc(=S)c2cc(N3CCSCC3)ccc2[nH]1. The largest absolute Gasteiger partial charge is 0.370 e. The molecule has 0 bridgehead atoms. The van der Waals surface area contributed by atoms with Crippen LogP contribution < -0.4 is 4.90 Å². The van der Waals surface area contributed by atoms with Crippen LogP contribution in [0.15, 0.2) is 18.2 Å². The Bertz CT molecular complexity index is 630. The van der Waals surface area contributed by atoms with E-state index in [2.05, 4.69) is 33.1 Å². The van der Waals surface area contributed by atoms with Crippen LogP contribution in [-0.4, -0.2) is 34.6 Å². The number of hydrogen-bond donors (Lipinski definition) is 1. The second-order valence-corrected chi connectivity index (χ2v) is 6.07. The second-order valence-electron chi connectivity index (χ2n) is 4.46. The molecule has 1 saturated heterocycles. The van der Waals surface area contributed by atoms with Crippen LogP contribution in [0.1, 0.15) is 5.82 Å². The van der Waals surface area contributed by atoms with Crippen molar-refractivity contribution in [3.63, 3.8) is 0 Å². The standard InChI is InChI=1S/C13H15N3S2/c1-9-14-12-3-2-10(8-11(12)13(17)15-9)16-4-6-18-7-5-16/h2-3,8H,4-7H2,1H3,(H,14,15,17). The first-order valence-electron chi connectivity index (χ1n) is 6.07. The van der Waals surface area contributed by atoms with Crippen LogP contribution in [0, 0.1) is 11.6 Å². The van der Waals surface area contributed by atoms with E-state index in [9.17, 15) is 0 Å². The maximum Gasteiger partial charge on any atom is 0.137 e. The number of aromatic amines is 1. The van der Waals surface area contributed by atoms with Crippen LogP contribution in [0.4, 0.5) is 5.69 Å². The van der Waals surface area contributed by atoms with Gasteiger partial charge in [0.15, 0.2) is 0 Å². The average Bonchev–Trinajstić information content (AvgIpc) is 2.39. The number of aryl methyl sites for hydroxylation is 1. The number of nitrogens with one attached hydrogen (secondary N) is 1. The number of anilines is 1. The molecule has 3 nitrogen and oxygen atoms in total. The summed E-state index contributed by atoms with van der Waals surface area (Å²) in [5, 5.41) is 1.05. The van der Waals surface area contributed by atoms with Gasteiger partial charge in [0.2, 0.25) is 0 Å². The molecule has 1 aliphatic rings. The smallest absolute Gasteiger partial charge is 0.137 e. The fourth-order valence-corrected chi connectivity index (χ4v) is 3.48. The Morgan fingerprint density at radius 1 is 1.33 bits per heavy atom. The quantitative estimate of drug-likeness (QED) is 0.812. The van der Waals surface area contributed by atoms with Crippen molar-refractivity contribution in [2.45, 2.75) is 6.92 Å². The molecule has 1 aromatic carbocycles. The van der Waals surface area contributed by atoms with Crippen LogP contribution in [-0.2, 0) is 0 Å². The van der Waals surface area contributed by atoms with E-state index in [-0.39, 0.29) is 0 Å². The summed E-state index contributed by atoms with van der Waals surface area (Å²) in [5.41, 5.74) is 2.33. The zero-order valence-electron chi connectivity index (χ0n) is 10.3. The van der Waals surface area contributed by atoms with Gasteiger partial charge in [0.25, 0.3) is 0 Å². The molecule has 0 amide bonds. The number of thioether (sulfide) groups is 1. The molecule has 3 rings (SSSR count). The molecule has 1 N–H and O–H groups in total. The van der Waals surface area contributed by atoms with Crippen molar-refractivity contribution < 1.29 is 0 Å². The molecule has 0 atom stereocenters. The minimum absolute atomic E-state index is 0.689. The third-order valence-electron chi connectivity index (χ3n) is 3.19. The molecule has 18 heavy (non-hydrogen) atoms. The number of rotatable bonds is 1. The Morgan fingerprint density at radius 3 is 2.89 bits per heavy atom. The summed E-state index contributed by atoms with van der Waals surface area (Å²) >= 11 is 7.37. The van der Waals surface area contributed by atoms with E-state index >= 15 is 0 Å². The molecule has 0 saturated carbocycles. The molecule has 0 radical (unpaired) electrons. The number of H-pyrrole nitrogens is 1. The van der Waals surface area contributed by atoms with Crippen molar-refractivity contribution in [1.82, 2.24) is 9.97 Å². The Balaban J connectivity index is 2.07. The van der Waals surface area contributed by atoms with E-state index in [1.54, 1.807) is 0 Å². The van der Waals surface area contributed by atoms with Gasteiger partial charge in [-0.1, -0.05) is 12.2 Å². The molecule has 1 aliphatic heterocycles. The highest BCUT2D eigenvalue weighted by Crippen LogP contribution is 2.24. The Kier molecular flexibility index (Phi) is 3.26. The van der Waals surface area contributed by atoms with Crippen molar-refractivity contribution in [3.05, 3.63) is 28.7 Å². The highest BCUT2D eigenvalue weighted by atomic mass is 32.2. The van der Waals surface area contributed by atoms with E-state index in [4.69, 9.17) is 12.2 Å². The number of nitrogens with zero attached hydrogens (tertiary/aromatic N) is 2. The van der Waals surface area contributed by atoms with E-state index in [1.165, 1.54) is 17.2 Å². The highest BCUT2D eigenvalue weighted by molar-refractivity contribution is 7.99. The fraction of sp³-hybridized carbons (Fsp3) is 0.385. The topological polar surface area (TPSA) is 31.9 Å². The molecule has 1 fully saturated rings. The van der Waals surface area contributed by atoms with Crippen molar-refractivity contribution in [2.75, 3.05) is 29.5 Å². The lowest BCUT2D eigenvalue weighted by atomic mass is 10.2. The first kappa shape index (κ1) is 12.0. The van der Waals surface area contributed by atoms with Crippen LogP contribution in [0.2, 0.25) is 0 Å². The van der Waals surface area contributed by atoms with Gasteiger partial charge < -0.3 is 9.88 Å². The van der Waals surface area contributed by atoms with Gasteiger partial charge >= 0.3 is 0 Å². The lowest BCUT2D eigenvalue weighted by Crippen LogP contribution is -2.32. The predicted molar refractivity (Wildman–Crippen MR) is 81.2 cm³/mol. The number of aromatic nitrogens is 2. The number of benzene rings is 1. The van der Waals surface area contributed by atoms with Gasteiger partial charge in [-0.3, -0.25) is 0 Å². The lowest BCUT2D eigenvalue weighted by Gasteiger charge is -2.28. The summed E-state index contributed by atoms with van der Waals surface area (Å²) in [5.74, 6) is 3.28. The van der Waals surface area contributed by atoms with Gasteiger partial charge in [-0.2, -0.15) is 11.8 Å². The molecule has 0 spiro atoms.